The first-order valence-electron chi connectivity index (χ1n) is 6.51. The summed E-state index contributed by atoms with van der Waals surface area (Å²) in [5.74, 6) is -0.197. The van der Waals surface area contributed by atoms with E-state index >= 15 is 0 Å². The van der Waals surface area contributed by atoms with Gasteiger partial charge in [-0.05, 0) is 12.5 Å². The van der Waals surface area contributed by atoms with Crippen LogP contribution in [0.25, 0.3) is 0 Å². The fourth-order valence-electron chi connectivity index (χ4n) is 2.98. The molecule has 20 heavy (non-hydrogen) atoms. The van der Waals surface area contributed by atoms with Crippen LogP contribution in [0.4, 0.5) is 5.69 Å². The summed E-state index contributed by atoms with van der Waals surface area (Å²) in [4.78, 5) is 22.5. The van der Waals surface area contributed by atoms with Gasteiger partial charge in [-0.25, -0.2) is 0 Å². The van der Waals surface area contributed by atoms with Gasteiger partial charge in [-0.15, -0.1) is 0 Å². The molecule has 1 saturated carbocycles. The first-order valence-corrected chi connectivity index (χ1v) is 6.51. The van der Waals surface area contributed by atoms with E-state index < -0.39 is 10.8 Å². The lowest BCUT2D eigenvalue weighted by molar-refractivity contribution is -0.385. The van der Waals surface area contributed by atoms with Crippen molar-refractivity contribution >= 4 is 11.6 Å². The summed E-state index contributed by atoms with van der Waals surface area (Å²) in [6.45, 7) is 0.654. The summed E-state index contributed by atoms with van der Waals surface area (Å²) in [5, 5.41) is 13.7. The Bertz CT molecular complexity index is 562. The third kappa shape index (κ3) is 1.95. The molecule has 2 aliphatic rings. The van der Waals surface area contributed by atoms with E-state index in [2.05, 4.69) is 5.32 Å². The summed E-state index contributed by atoms with van der Waals surface area (Å²) >= 11 is 0. The summed E-state index contributed by atoms with van der Waals surface area (Å²) < 4.78 is 5.52. The lowest BCUT2D eigenvalue weighted by Gasteiger charge is -2.45. The third-order valence-corrected chi connectivity index (χ3v) is 4.09. The number of ether oxygens (including phenoxy) is 1. The van der Waals surface area contributed by atoms with Crippen molar-refractivity contribution in [2.24, 2.45) is 11.7 Å². The van der Waals surface area contributed by atoms with Gasteiger partial charge in [-0.3, -0.25) is 14.9 Å². The molecule has 0 radical (unpaired) electrons. The van der Waals surface area contributed by atoms with Gasteiger partial charge in [-0.1, -0.05) is 12.1 Å². The second-order valence-electron chi connectivity index (χ2n) is 5.14. The number of rotatable bonds is 3. The Labute approximate surface area is 115 Å². The fraction of sp³-hybridized carbons (Fsp3) is 0.462. The first kappa shape index (κ1) is 13.0. The maximum Gasteiger partial charge on any atom is 0.282 e. The van der Waals surface area contributed by atoms with Crippen molar-refractivity contribution in [3.05, 3.63) is 39.9 Å². The van der Waals surface area contributed by atoms with Crippen LogP contribution in [0.2, 0.25) is 0 Å². The van der Waals surface area contributed by atoms with Crippen LogP contribution in [0.5, 0.6) is 0 Å². The molecule has 4 unspecified atom stereocenters. The number of hydrogen-bond acceptors (Lipinski definition) is 5. The van der Waals surface area contributed by atoms with Gasteiger partial charge in [0.1, 0.15) is 5.56 Å². The van der Waals surface area contributed by atoms with Crippen molar-refractivity contribution in [1.29, 1.82) is 0 Å². The number of carbonyl (C=O) groups excluding carboxylic acids is 1. The minimum absolute atomic E-state index is 0.0474. The zero-order valence-electron chi connectivity index (χ0n) is 10.7. The zero-order valence-corrected chi connectivity index (χ0v) is 10.7. The molecule has 1 aliphatic heterocycles. The highest BCUT2D eigenvalue weighted by atomic mass is 16.6. The Morgan fingerprint density at radius 3 is 2.95 bits per heavy atom. The normalized spacial score (nSPS) is 31.2. The SMILES string of the molecule is NC1C2CCOC2C1NC(=O)c1ccccc1[N+](=O)[O-]. The van der Waals surface area contributed by atoms with Gasteiger partial charge in [0.2, 0.25) is 0 Å². The summed E-state index contributed by atoms with van der Waals surface area (Å²) in [6.07, 6.45) is 0.848. The molecule has 3 rings (SSSR count). The molecule has 7 heteroatoms. The highest BCUT2D eigenvalue weighted by molar-refractivity contribution is 5.98. The smallest absolute Gasteiger partial charge is 0.282 e. The van der Waals surface area contributed by atoms with E-state index in [4.69, 9.17) is 10.5 Å². The molecule has 1 aromatic carbocycles. The van der Waals surface area contributed by atoms with Crippen molar-refractivity contribution in [1.82, 2.24) is 5.32 Å². The monoisotopic (exact) mass is 277 g/mol. The average Bonchev–Trinajstić information content (AvgIpc) is 2.89. The van der Waals surface area contributed by atoms with Gasteiger partial charge in [0.25, 0.3) is 11.6 Å². The number of nitro benzene ring substituents is 1. The molecule has 1 amide bonds. The Kier molecular flexibility index (Phi) is 3.15. The van der Waals surface area contributed by atoms with Crippen LogP contribution in [0.15, 0.2) is 24.3 Å². The zero-order chi connectivity index (χ0) is 14.3. The van der Waals surface area contributed by atoms with E-state index in [9.17, 15) is 14.9 Å². The van der Waals surface area contributed by atoms with E-state index in [0.717, 1.165) is 6.42 Å². The van der Waals surface area contributed by atoms with Crippen LogP contribution in [-0.4, -0.2) is 35.6 Å². The Morgan fingerprint density at radius 1 is 1.45 bits per heavy atom. The number of fused-ring (bicyclic) bond motifs is 1. The number of amides is 1. The minimum Gasteiger partial charge on any atom is -0.376 e. The van der Waals surface area contributed by atoms with E-state index in [1.54, 1.807) is 6.07 Å². The van der Waals surface area contributed by atoms with E-state index in [0.29, 0.717) is 6.61 Å². The molecule has 0 spiro atoms. The first-order chi connectivity index (χ1) is 9.59. The predicted octanol–water partition coefficient (Wildman–Crippen LogP) is 0.439. The number of hydrogen-bond donors (Lipinski definition) is 2. The Hall–Kier alpha value is -1.99. The molecule has 4 atom stereocenters. The van der Waals surface area contributed by atoms with Gasteiger partial charge in [0, 0.05) is 24.6 Å². The molecule has 1 heterocycles. The molecule has 1 saturated heterocycles. The average molecular weight is 277 g/mol. The predicted molar refractivity (Wildman–Crippen MR) is 70.2 cm³/mol. The molecular formula is C13H15N3O4. The van der Waals surface area contributed by atoms with Crippen LogP contribution >= 0.6 is 0 Å². The summed E-state index contributed by atoms with van der Waals surface area (Å²) in [7, 11) is 0. The standard InChI is InChI=1S/C13H15N3O4/c14-10-8-5-6-20-12(8)11(10)15-13(17)7-3-1-2-4-9(7)16(18)19/h1-4,8,10-12H,5-6,14H2,(H,15,17). The van der Waals surface area contributed by atoms with Crippen molar-refractivity contribution in [2.75, 3.05) is 6.61 Å². The topological polar surface area (TPSA) is 107 Å². The second-order valence-corrected chi connectivity index (χ2v) is 5.14. The maximum atomic E-state index is 12.2. The molecule has 106 valence electrons. The largest absolute Gasteiger partial charge is 0.376 e. The second kappa shape index (κ2) is 4.84. The summed E-state index contributed by atoms with van der Waals surface area (Å²) in [5.41, 5.74) is 5.84. The maximum absolute atomic E-state index is 12.2. The Balaban J connectivity index is 1.76. The molecule has 1 aliphatic carbocycles. The molecule has 1 aromatic rings. The van der Waals surface area contributed by atoms with Crippen molar-refractivity contribution in [3.8, 4) is 0 Å². The Morgan fingerprint density at radius 2 is 2.20 bits per heavy atom. The number of nitrogens with two attached hydrogens (primary N) is 1. The van der Waals surface area contributed by atoms with Crippen molar-refractivity contribution in [3.63, 3.8) is 0 Å². The lowest BCUT2D eigenvalue weighted by Crippen LogP contribution is -2.68. The van der Waals surface area contributed by atoms with E-state index in [-0.39, 0.29) is 35.4 Å². The number of carbonyl (C=O) groups is 1. The van der Waals surface area contributed by atoms with E-state index in [1.807, 2.05) is 0 Å². The molecule has 7 nitrogen and oxygen atoms in total. The van der Waals surface area contributed by atoms with Crippen LogP contribution in [0, 0.1) is 16.0 Å². The summed E-state index contributed by atoms with van der Waals surface area (Å²) in [6, 6.07) is 5.45. The van der Waals surface area contributed by atoms with Crippen LogP contribution in [-0.2, 0) is 4.74 Å². The minimum atomic E-state index is -0.565. The van der Waals surface area contributed by atoms with Crippen molar-refractivity contribution < 1.29 is 14.5 Å². The van der Waals surface area contributed by atoms with Gasteiger partial charge in [0.15, 0.2) is 0 Å². The molecule has 2 fully saturated rings. The van der Waals surface area contributed by atoms with Gasteiger partial charge >= 0.3 is 0 Å². The number of nitrogens with one attached hydrogen (secondary N) is 1. The lowest BCUT2D eigenvalue weighted by atomic mass is 9.72. The van der Waals surface area contributed by atoms with E-state index in [1.165, 1.54) is 18.2 Å². The van der Waals surface area contributed by atoms with Crippen LogP contribution < -0.4 is 11.1 Å². The van der Waals surface area contributed by atoms with Gasteiger partial charge < -0.3 is 15.8 Å². The number of nitro groups is 1. The number of benzene rings is 1. The van der Waals surface area contributed by atoms with Crippen LogP contribution in [0.1, 0.15) is 16.8 Å². The van der Waals surface area contributed by atoms with Crippen molar-refractivity contribution in [2.45, 2.75) is 24.6 Å². The quantitative estimate of drug-likeness (QED) is 0.615. The molecular weight excluding hydrogens is 262 g/mol. The van der Waals surface area contributed by atoms with Crippen LogP contribution in [0.3, 0.4) is 0 Å². The molecule has 0 aromatic heterocycles. The van der Waals surface area contributed by atoms with Gasteiger partial charge in [0.05, 0.1) is 17.1 Å². The fourth-order valence-corrected chi connectivity index (χ4v) is 2.98. The highest BCUT2D eigenvalue weighted by Crippen LogP contribution is 2.38. The third-order valence-electron chi connectivity index (χ3n) is 4.09. The van der Waals surface area contributed by atoms with Gasteiger partial charge in [-0.2, -0.15) is 0 Å². The number of para-hydroxylation sites is 1. The molecule has 3 N–H and O–H groups in total. The number of nitrogens with zero attached hydrogens (tertiary/aromatic N) is 1. The molecule has 0 bridgehead atoms. The highest BCUT2D eigenvalue weighted by Gasteiger charge is 2.52.